The Labute approximate surface area is 155 Å². The van der Waals surface area contributed by atoms with Gasteiger partial charge in [-0.2, -0.15) is 0 Å². The van der Waals surface area contributed by atoms with E-state index in [1.54, 1.807) is 6.08 Å². The Morgan fingerprint density at radius 2 is 1.00 bits per heavy atom. The van der Waals surface area contributed by atoms with Gasteiger partial charge in [0.05, 0.1) is 0 Å². The summed E-state index contributed by atoms with van der Waals surface area (Å²) in [4.78, 5) is 0. The summed E-state index contributed by atoms with van der Waals surface area (Å²) in [6.45, 7) is 20.5. The minimum atomic E-state index is 1.02. The van der Waals surface area contributed by atoms with Gasteiger partial charge in [0.25, 0.3) is 0 Å². The van der Waals surface area contributed by atoms with E-state index < -0.39 is 0 Å². The number of hydrogen-bond acceptors (Lipinski definition) is 0. The molecule has 2 aromatic carbocycles. The average molecular weight is 335 g/mol. The normalized spacial score (nSPS) is 7.96. The van der Waals surface area contributed by atoms with E-state index in [0.29, 0.717) is 0 Å². The molecule has 0 aliphatic rings. The minimum Gasteiger partial charge on any atom is -0.0988 e. The highest BCUT2D eigenvalue weighted by atomic mass is 13.8. The summed E-state index contributed by atoms with van der Waals surface area (Å²) in [5, 5.41) is 0. The third-order valence-electron chi connectivity index (χ3n) is 2.92. The van der Waals surface area contributed by atoms with Gasteiger partial charge in [0.2, 0.25) is 0 Å². The molecule has 0 nitrogen and oxygen atoms in total. The highest BCUT2D eigenvalue weighted by Crippen LogP contribution is 1.98. The zero-order valence-electron chi connectivity index (χ0n) is 16.2. The quantitative estimate of drug-likeness (QED) is 0.494. The lowest BCUT2D eigenvalue weighted by atomic mass is 10.2. The topological polar surface area (TPSA) is 0 Å². The molecule has 0 aromatic heterocycles. The van der Waals surface area contributed by atoms with Crippen LogP contribution in [0.1, 0.15) is 44.7 Å². The fourth-order valence-electron chi connectivity index (χ4n) is 1.18. The second kappa shape index (κ2) is 19.4. The Hall–Kier alpha value is -2.60. The molecule has 0 unspecified atom stereocenters. The Morgan fingerprint density at radius 1 is 0.720 bits per heavy atom. The maximum Gasteiger partial charge on any atom is -0.0263 e. The van der Waals surface area contributed by atoms with E-state index in [9.17, 15) is 0 Å². The van der Waals surface area contributed by atoms with E-state index in [1.165, 1.54) is 24.0 Å². The predicted molar refractivity (Wildman–Crippen MR) is 119 cm³/mol. The Balaban J connectivity index is 0. The van der Waals surface area contributed by atoms with E-state index in [1.807, 2.05) is 79.7 Å². The molecular weight excluding hydrogens is 300 g/mol. The molecule has 0 saturated carbocycles. The second-order valence-corrected chi connectivity index (χ2v) is 5.28. The number of unbranched alkanes of at least 4 members (excludes halogenated alkanes) is 1. The Bertz CT molecular complexity index is 516. The fraction of sp³-hybridized carbons (Fsp3) is 0.200. The molecule has 2 aromatic rings. The van der Waals surface area contributed by atoms with Gasteiger partial charge in [0, 0.05) is 0 Å². The van der Waals surface area contributed by atoms with Crippen molar-refractivity contribution in [3.8, 4) is 0 Å². The molecule has 134 valence electrons. The van der Waals surface area contributed by atoms with Gasteiger partial charge in [-0.1, -0.05) is 137 Å². The predicted octanol–water partition coefficient (Wildman–Crippen LogP) is 8.21. The van der Waals surface area contributed by atoms with Gasteiger partial charge in [0.15, 0.2) is 0 Å². The first-order chi connectivity index (χ1) is 12.0. The van der Waals surface area contributed by atoms with E-state index in [2.05, 4.69) is 40.2 Å². The lowest BCUT2D eigenvalue weighted by molar-refractivity contribution is 0.886. The number of benzene rings is 2. The average Bonchev–Trinajstić information content (AvgIpc) is 2.70. The molecule has 25 heavy (non-hydrogen) atoms. The van der Waals surface area contributed by atoms with Crippen LogP contribution in [0.25, 0.3) is 12.2 Å². The summed E-state index contributed by atoms with van der Waals surface area (Å²) >= 11 is 0. The second-order valence-electron chi connectivity index (χ2n) is 5.28. The summed E-state index contributed by atoms with van der Waals surface area (Å²) in [7, 11) is 0. The van der Waals surface area contributed by atoms with Crippen LogP contribution in [0.4, 0.5) is 0 Å². The molecule has 0 heterocycles. The van der Waals surface area contributed by atoms with Crippen molar-refractivity contribution in [2.45, 2.75) is 33.6 Å². The van der Waals surface area contributed by atoms with Gasteiger partial charge in [-0.15, -0.1) is 0 Å². The van der Waals surface area contributed by atoms with Crippen molar-refractivity contribution in [2.24, 2.45) is 0 Å². The van der Waals surface area contributed by atoms with Crippen LogP contribution >= 0.6 is 0 Å². The molecule has 0 amide bonds. The highest BCUT2D eigenvalue weighted by Gasteiger charge is 1.76. The monoisotopic (exact) mass is 334 g/mol. The van der Waals surface area contributed by atoms with Crippen molar-refractivity contribution in [2.75, 3.05) is 0 Å². The van der Waals surface area contributed by atoms with Gasteiger partial charge in [0.1, 0.15) is 0 Å². The zero-order chi connectivity index (χ0) is 19.3. The maximum atomic E-state index is 3.63. The Kier molecular flexibility index (Phi) is 19.2. The van der Waals surface area contributed by atoms with E-state index in [0.717, 1.165) is 5.57 Å². The molecule has 0 N–H and O–H groups in total. The van der Waals surface area contributed by atoms with Crippen LogP contribution < -0.4 is 0 Å². The van der Waals surface area contributed by atoms with E-state index in [-0.39, 0.29) is 0 Å². The smallest absolute Gasteiger partial charge is 0.0263 e. The summed E-state index contributed by atoms with van der Waals surface area (Å²) in [5.41, 5.74) is 3.37. The molecule has 0 aliphatic heterocycles. The summed E-state index contributed by atoms with van der Waals surface area (Å²) in [5.74, 6) is 0. The van der Waals surface area contributed by atoms with Crippen molar-refractivity contribution in [3.05, 3.63) is 110 Å². The van der Waals surface area contributed by atoms with Crippen molar-refractivity contribution >= 4 is 12.2 Å². The standard InChI is InChI=1S/2C8H8.C5H8.C4H10/c2*1-2-8-6-4-3-5-7-8;1-4-5(2)3;1-3-4-2/h2*2-7H,1H2;4H,1-2H2,3H3;3-4H2,1-2H3. The van der Waals surface area contributed by atoms with E-state index in [4.69, 9.17) is 0 Å². The van der Waals surface area contributed by atoms with Crippen molar-refractivity contribution in [3.63, 3.8) is 0 Å². The first-order valence-corrected chi connectivity index (χ1v) is 8.68. The summed E-state index contributed by atoms with van der Waals surface area (Å²) in [6, 6.07) is 20.1. The van der Waals surface area contributed by atoms with Gasteiger partial charge in [-0.3, -0.25) is 0 Å². The molecule has 0 saturated heterocycles. The van der Waals surface area contributed by atoms with Gasteiger partial charge in [-0.05, 0) is 18.1 Å². The van der Waals surface area contributed by atoms with Crippen molar-refractivity contribution in [1.82, 2.24) is 0 Å². The number of allylic oxidation sites excluding steroid dienone is 2. The molecule has 0 aliphatic carbocycles. The first kappa shape index (κ1) is 24.6. The SMILES string of the molecule is C=CC(=C)C.C=Cc1ccccc1.C=Cc1ccccc1.CCCC. The van der Waals surface area contributed by atoms with Gasteiger partial charge in [-0.25, -0.2) is 0 Å². The molecule has 0 heteroatoms. The van der Waals surface area contributed by atoms with Crippen molar-refractivity contribution < 1.29 is 0 Å². The fourth-order valence-corrected chi connectivity index (χ4v) is 1.18. The number of rotatable bonds is 4. The third kappa shape index (κ3) is 19.4. The Morgan fingerprint density at radius 3 is 1.12 bits per heavy atom. The minimum absolute atomic E-state index is 1.02. The van der Waals surface area contributed by atoms with Crippen LogP contribution in [-0.4, -0.2) is 0 Å². The molecule has 2 rings (SSSR count). The zero-order valence-corrected chi connectivity index (χ0v) is 16.2. The van der Waals surface area contributed by atoms with Crippen LogP contribution in [0.2, 0.25) is 0 Å². The van der Waals surface area contributed by atoms with Gasteiger partial charge < -0.3 is 0 Å². The molecular formula is C25H34. The summed E-state index contributed by atoms with van der Waals surface area (Å²) < 4.78 is 0. The number of hydrogen-bond donors (Lipinski definition) is 0. The molecule has 0 spiro atoms. The lowest BCUT2D eigenvalue weighted by Gasteiger charge is -1.85. The van der Waals surface area contributed by atoms with Crippen LogP contribution in [-0.2, 0) is 0 Å². The third-order valence-corrected chi connectivity index (χ3v) is 2.92. The molecule has 0 atom stereocenters. The van der Waals surface area contributed by atoms with Crippen LogP contribution in [0.3, 0.4) is 0 Å². The largest absolute Gasteiger partial charge is 0.0988 e. The first-order valence-electron chi connectivity index (χ1n) is 8.68. The van der Waals surface area contributed by atoms with Crippen LogP contribution in [0.5, 0.6) is 0 Å². The molecule has 0 bridgehead atoms. The van der Waals surface area contributed by atoms with E-state index >= 15 is 0 Å². The van der Waals surface area contributed by atoms with Crippen LogP contribution in [0.15, 0.2) is 98.6 Å². The highest BCUT2D eigenvalue weighted by molar-refractivity contribution is 5.46. The maximum absolute atomic E-state index is 3.63. The molecule has 0 radical (unpaired) electrons. The van der Waals surface area contributed by atoms with Gasteiger partial charge >= 0.3 is 0 Å². The lowest BCUT2D eigenvalue weighted by Crippen LogP contribution is -1.63. The van der Waals surface area contributed by atoms with Crippen molar-refractivity contribution in [1.29, 1.82) is 0 Å². The van der Waals surface area contributed by atoms with Crippen LogP contribution in [0, 0.1) is 0 Å². The summed E-state index contributed by atoms with van der Waals surface area (Å²) in [6.07, 6.45) is 8.03. The molecule has 0 fully saturated rings.